The molecule has 1 aliphatic rings. The number of carboxylic acids is 1. The highest BCUT2D eigenvalue weighted by Crippen LogP contribution is 2.32. The summed E-state index contributed by atoms with van der Waals surface area (Å²) in [6.07, 6.45) is -5.59. The minimum absolute atomic E-state index is 0.177. The van der Waals surface area contributed by atoms with Crippen LogP contribution in [0.1, 0.15) is 34.0 Å². The number of hydrogen-bond donors (Lipinski definition) is 3. The van der Waals surface area contributed by atoms with E-state index in [1.165, 1.54) is 0 Å². The molecule has 0 spiro atoms. The van der Waals surface area contributed by atoms with Crippen molar-refractivity contribution < 1.29 is 51.9 Å². The third-order valence-electron chi connectivity index (χ3n) is 4.97. The molecule has 3 rings (SSSR count). The highest BCUT2D eigenvalue weighted by Gasteiger charge is 2.40. The number of aliphatic hydroxyl groups excluding tert-OH is 1. The number of hydrogen-bond acceptors (Lipinski definition) is 6. The first-order valence-electron chi connectivity index (χ1n) is 10.2. The number of rotatable bonds is 6. The lowest BCUT2D eigenvalue weighted by Gasteiger charge is -2.30. The molecule has 0 bridgehead atoms. The van der Waals surface area contributed by atoms with Gasteiger partial charge in [0.25, 0.3) is 0 Å². The Kier molecular flexibility index (Phi) is 9.23. The van der Waals surface area contributed by atoms with Crippen molar-refractivity contribution in [2.24, 2.45) is 5.73 Å². The summed E-state index contributed by atoms with van der Waals surface area (Å²) in [5.74, 6) is -7.66. The van der Waals surface area contributed by atoms with Gasteiger partial charge in [0.2, 0.25) is 11.7 Å². The monoisotopic (exact) mass is 511 g/mol. The van der Waals surface area contributed by atoms with Crippen LogP contribution in [0.5, 0.6) is 0 Å². The lowest BCUT2D eigenvalue weighted by atomic mass is 10.0. The van der Waals surface area contributed by atoms with E-state index in [1.54, 1.807) is 0 Å². The second-order valence-electron chi connectivity index (χ2n) is 7.59. The molecule has 6 N–H and O–H groups in total. The standard InChI is InChI=1S/C18H16F6N4O3.C2H7NO/c19-10-6-12(21)11(20)4-8(10)3-9(25)5-14(29)27-1-2-28-13(7-27)15(16(30)31)26-17(28)18(22,23)24;3-1-2-4/h4,6,9H,1-3,5,7,25H2,(H,30,31);4H,1-3H2/t9-;/m1./s1. The number of alkyl halides is 3. The average Bonchev–Trinajstić information content (AvgIpc) is 3.17. The van der Waals surface area contributed by atoms with Crippen molar-refractivity contribution in [1.29, 1.82) is 0 Å². The van der Waals surface area contributed by atoms with E-state index in [0.717, 1.165) is 4.90 Å². The van der Waals surface area contributed by atoms with Crippen molar-refractivity contribution in [2.75, 3.05) is 19.7 Å². The second kappa shape index (κ2) is 11.5. The smallest absolute Gasteiger partial charge is 0.449 e. The summed E-state index contributed by atoms with van der Waals surface area (Å²) in [5, 5.41) is 19.0. The summed E-state index contributed by atoms with van der Waals surface area (Å²) in [6.45, 7) is -0.176. The predicted octanol–water partition coefficient (Wildman–Crippen LogP) is -0.794. The number of halogens is 6. The number of quaternary nitrogens is 1. The molecule has 0 aliphatic carbocycles. The fraction of sp³-hybridized carbons (Fsp3) is 0.450. The Morgan fingerprint density at radius 1 is 1.17 bits per heavy atom. The van der Waals surface area contributed by atoms with E-state index in [4.69, 9.17) is 10.8 Å². The van der Waals surface area contributed by atoms with Gasteiger partial charge in [0, 0.05) is 31.6 Å². The molecule has 9 nitrogen and oxygen atoms in total. The van der Waals surface area contributed by atoms with Crippen LogP contribution in [-0.4, -0.2) is 57.2 Å². The number of amides is 1. The zero-order valence-electron chi connectivity index (χ0n) is 18.2. The number of carboxylic acid groups (broad SMARTS) is 1. The molecular weight excluding hydrogens is 488 g/mol. The van der Waals surface area contributed by atoms with Crippen LogP contribution in [0.25, 0.3) is 0 Å². The molecule has 1 atom stereocenters. The second-order valence-corrected chi connectivity index (χ2v) is 7.59. The lowest BCUT2D eigenvalue weighted by Crippen LogP contribution is -2.51. The van der Waals surface area contributed by atoms with Gasteiger partial charge in [0.15, 0.2) is 11.6 Å². The van der Waals surface area contributed by atoms with E-state index in [1.807, 2.05) is 0 Å². The van der Waals surface area contributed by atoms with E-state index < -0.39 is 59.6 Å². The molecule has 1 amide bonds. The van der Waals surface area contributed by atoms with Gasteiger partial charge < -0.3 is 35.9 Å². The van der Waals surface area contributed by atoms with Crippen LogP contribution >= 0.6 is 0 Å². The Morgan fingerprint density at radius 2 is 1.77 bits per heavy atom. The molecule has 0 radical (unpaired) electrons. The van der Waals surface area contributed by atoms with Crippen molar-refractivity contribution in [3.8, 4) is 0 Å². The molecule has 1 aromatic carbocycles. The van der Waals surface area contributed by atoms with E-state index in [2.05, 4.69) is 10.7 Å². The van der Waals surface area contributed by atoms with E-state index in [0.29, 0.717) is 23.2 Å². The quantitative estimate of drug-likeness (QED) is 0.341. The molecule has 15 heteroatoms. The van der Waals surface area contributed by atoms with E-state index >= 15 is 0 Å². The summed E-state index contributed by atoms with van der Waals surface area (Å²) in [6, 6.07) is -0.0331. The first-order valence-corrected chi connectivity index (χ1v) is 10.2. The summed E-state index contributed by atoms with van der Waals surface area (Å²) in [5.41, 5.74) is 7.65. The Morgan fingerprint density at radius 3 is 2.31 bits per heavy atom. The van der Waals surface area contributed by atoms with Gasteiger partial charge in [-0.2, -0.15) is 13.2 Å². The van der Waals surface area contributed by atoms with Crippen LogP contribution in [0.15, 0.2) is 12.1 Å². The summed E-state index contributed by atoms with van der Waals surface area (Å²) in [4.78, 5) is 27.9. The van der Waals surface area contributed by atoms with Crippen LogP contribution in [0.3, 0.4) is 0 Å². The van der Waals surface area contributed by atoms with Gasteiger partial charge in [-0.25, -0.2) is 18.2 Å². The van der Waals surface area contributed by atoms with Gasteiger partial charge in [-0.05, 0) is 18.1 Å². The maximum atomic E-state index is 13.7. The third-order valence-corrected chi connectivity index (χ3v) is 4.97. The number of aliphatic hydroxyl groups is 1. The highest BCUT2D eigenvalue weighted by atomic mass is 19.4. The van der Waals surface area contributed by atoms with Crippen molar-refractivity contribution in [1.82, 2.24) is 14.5 Å². The Labute approximate surface area is 194 Å². The number of carbonyl (C=O) groups is 2. The fourth-order valence-electron chi connectivity index (χ4n) is 3.39. The first-order chi connectivity index (χ1) is 16.3. The van der Waals surface area contributed by atoms with Crippen molar-refractivity contribution in [2.45, 2.75) is 38.1 Å². The van der Waals surface area contributed by atoms with Crippen LogP contribution in [-0.2, 0) is 30.5 Å². The molecule has 35 heavy (non-hydrogen) atoms. The first kappa shape index (κ1) is 28.1. The number of imidazole rings is 1. The third kappa shape index (κ3) is 6.93. The summed E-state index contributed by atoms with van der Waals surface area (Å²) in [7, 11) is 0. The van der Waals surface area contributed by atoms with Gasteiger partial charge >= 0.3 is 6.18 Å². The summed E-state index contributed by atoms with van der Waals surface area (Å²) < 4.78 is 80.0. The van der Waals surface area contributed by atoms with Crippen LogP contribution in [0.2, 0.25) is 0 Å². The molecule has 0 fully saturated rings. The molecule has 1 aliphatic heterocycles. The number of benzene rings is 1. The molecule has 0 saturated heterocycles. The Hall–Kier alpha value is -3.17. The normalized spacial score (nSPS) is 14.1. The summed E-state index contributed by atoms with van der Waals surface area (Å²) >= 11 is 0. The van der Waals surface area contributed by atoms with Gasteiger partial charge in [-0.1, -0.05) is 0 Å². The van der Waals surface area contributed by atoms with Gasteiger partial charge in [0.05, 0.1) is 31.4 Å². The number of nitrogens with zero attached hydrogens (tertiary/aromatic N) is 3. The number of aromatic carboxylic acids is 1. The van der Waals surface area contributed by atoms with Crippen LogP contribution in [0, 0.1) is 17.5 Å². The molecule has 194 valence electrons. The van der Waals surface area contributed by atoms with Gasteiger partial charge in [-0.3, -0.25) is 4.79 Å². The molecule has 0 unspecified atom stereocenters. The fourth-order valence-corrected chi connectivity index (χ4v) is 3.39. The number of nitrogens with two attached hydrogens (primary N) is 1. The SMILES string of the molecule is N[C@@H](CC(=O)N1CCn2c(C(F)(F)F)nc(C(=O)[O-])c2C1)Cc1cc(F)c(F)cc1F.[NH3+]CCO. The largest absolute Gasteiger partial charge is 0.543 e. The number of fused-ring (bicyclic) bond motifs is 1. The number of carbonyl (C=O) groups excluding carboxylic acids is 2. The van der Waals surface area contributed by atoms with E-state index in [9.17, 15) is 41.0 Å². The number of aromatic nitrogens is 2. The van der Waals surface area contributed by atoms with Gasteiger partial charge in [-0.15, -0.1) is 0 Å². The molecule has 1 aromatic heterocycles. The highest BCUT2D eigenvalue weighted by molar-refractivity contribution is 5.85. The molecular formula is C20H23F6N5O4. The Bertz CT molecular complexity index is 1070. The zero-order chi connectivity index (χ0) is 26.5. The van der Waals surface area contributed by atoms with E-state index in [-0.39, 0.29) is 43.8 Å². The van der Waals surface area contributed by atoms with Crippen LogP contribution in [0.4, 0.5) is 26.3 Å². The average molecular weight is 511 g/mol. The zero-order valence-corrected chi connectivity index (χ0v) is 18.2. The van der Waals surface area contributed by atoms with Crippen LogP contribution < -0.4 is 16.6 Å². The molecule has 2 heterocycles. The maximum Gasteiger partial charge on any atom is 0.449 e. The molecule has 2 aromatic rings. The topological polar surface area (TPSA) is 152 Å². The molecule has 0 saturated carbocycles. The minimum Gasteiger partial charge on any atom is -0.543 e. The predicted molar refractivity (Wildman–Crippen MR) is 104 cm³/mol. The van der Waals surface area contributed by atoms with Crippen molar-refractivity contribution >= 4 is 11.9 Å². The van der Waals surface area contributed by atoms with Crippen molar-refractivity contribution in [3.05, 3.63) is 52.4 Å². The maximum absolute atomic E-state index is 13.7. The van der Waals surface area contributed by atoms with Gasteiger partial charge in [0.1, 0.15) is 11.5 Å². The Balaban J connectivity index is 0.00000100. The van der Waals surface area contributed by atoms with Crippen molar-refractivity contribution in [3.63, 3.8) is 0 Å². The minimum atomic E-state index is -4.90. The lowest BCUT2D eigenvalue weighted by molar-refractivity contribution is -0.372.